The molecule has 18 heavy (non-hydrogen) atoms. The predicted molar refractivity (Wildman–Crippen MR) is 69.9 cm³/mol. The second-order valence-corrected chi connectivity index (χ2v) is 6.15. The Bertz CT molecular complexity index is 433. The number of Topliss-reactive ketones (excluding diaryl/α,β-unsaturated/α-hetero) is 1. The molecule has 0 radical (unpaired) electrons. The van der Waals surface area contributed by atoms with Crippen molar-refractivity contribution in [3.8, 4) is 0 Å². The van der Waals surface area contributed by atoms with Gasteiger partial charge in [-0.25, -0.2) is 9.17 Å². The first-order valence-corrected chi connectivity index (χ1v) is 6.41. The van der Waals surface area contributed by atoms with Gasteiger partial charge in [-0.15, -0.1) is 0 Å². The van der Waals surface area contributed by atoms with Crippen LogP contribution in [-0.4, -0.2) is 27.4 Å². The van der Waals surface area contributed by atoms with E-state index in [0.29, 0.717) is 5.56 Å². The molecule has 0 spiro atoms. The summed E-state index contributed by atoms with van der Waals surface area (Å²) in [5.41, 5.74) is -1.13. The maximum Gasteiger partial charge on any atom is 0.408 e. The molecule has 0 saturated carbocycles. The van der Waals surface area contributed by atoms with E-state index >= 15 is 0 Å². The number of carbonyl (C=O) groups is 2. The number of amides is 1. The third kappa shape index (κ3) is 4.10. The van der Waals surface area contributed by atoms with Crippen molar-refractivity contribution >= 4 is 23.4 Å². The summed E-state index contributed by atoms with van der Waals surface area (Å²) in [4.78, 5) is 23.8. The first-order valence-electron chi connectivity index (χ1n) is 5.57. The second-order valence-electron chi connectivity index (χ2n) is 5.49. The molecule has 0 saturated heterocycles. The summed E-state index contributed by atoms with van der Waals surface area (Å²) in [5.74, 6) is -0.192. The molecule has 1 amide bonds. The van der Waals surface area contributed by atoms with E-state index in [-0.39, 0.29) is 5.78 Å². The van der Waals surface area contributed by atoms with Crippen molar-refractivity contribution < 1.29 is 14.3 Å². The Morgan fingerprint density at radius 3 is 2.33 bits per heavy atom. The van der Waals surface area contributed by atoms with Crippen LogP contribution in [0.3, 0.4) is 0 Å². The number of ketones is 1. The van der Waals surface area contributed by atoms with Crippen molar-refractivity contribution in [2.45, 2.75) is 45.8 Å². The van der Waals surface area contributed by atoms with E-state index in [1.165, 1.54) is 17.7 Å². The van der Waals surface area contributed by atoms with Crippen LogP contribution in [0.4, 0.5) is 4.79 Å². The molecule has 1 rings (SSSR count). The lowest BCUT2D eigenvalue weighted by Gasteiger charge is -2.27. The Morgan fingerprint density at radius 2 is 1.89 bits per heavy atom. The van der Waals surface area contributed by atoms with Crippen molar-refractivity contribution in [3.63, 3.8) is 0 Å². The minimum atomic E-state index is -1.02. The highest BCUT2D eigenvalue weighted by Crippen LogP contribution is 2.15. The standard InChI is InChI=1S/C12H18N2O3S/c1-11(2,3)17-10(16)14-12(4,5)9(15)8-6-13-18-7-8/h6-7H,1-5H3,(H,14,16). The van der Waals surface area contributed by atoms with Crippen LogP contribution in [0.5, 0.6) is 0 Å². The molecule has 1 N–H and O–H groups in total. The summed E-state index contributed by atoms with van der Waals surface area (Å²) in [6.45, 7) is 8.58. The molecular weight excluding hydrogens is 252 g/mol. The molecule has 1 aromatic rings. The molecule has 0 aliphatic rings. The fourth-order valence-corrected chi connectivity index (χ4v) is 1.81. The minimum absolute atomic E-state index is 0.192. The van der Waals surface area contributed by atoms with E-state index in [2.05, 4.69) is 9.69 Å². The Labute approximate surface area is 111 Å². The zero-order chi connectivity index (χ0) is 14.0. The number of nitrogens with one attached hydrogen (secondary N) is 1. The fraction of sp³-hybridized carbons (Fsp3) is 0.583. The zero-order valence-corrected chi connectivity index (χ0v) is 12.1. The Kier molecular flexibility index (Phi) is 4.11. The van der Waals surface area contributed by atoms with Gasteiger partial charge in [0.1, 0.15) is 11.1 Å². The number of nitrogens with zero attached hydrogens (tertiary/aromatic N) is 1. The molecule has 0 atom stereocenters. The van der Waals surface area contributed by atoms with Crippen LogP contribution in [0.15, 0.2) is 11.6 Å². The number of hydrogen-bond donors (Lipinski definition) is 1. The smallest absolute Gasteiger partial charge is 0.408 e. The van der Waals surface area contributed by atoms with E-state index in [1.807, 2.05) is 0 Å². The van der Waals surface area contributed by atoms with Gasteiger partial charge in [0.25, 0.3) is 0 Å². The highest BCUT2D eigenvalue weighted by Gasteiger charge is 2.32. The van der Waals surface area contributed by atoms with Gasteiger partial charge in [-0.05, 0) is 46.2 Å². The molecule has 1 heterocycles. The van der Waals surface area contributed by atoms with Gasteiger partial charge in [0.05, 0.1) is 11.8 Å². The normalized spacial score (nSPS) is 12.1. The fourth-order valence-electron chi connectivity index (χ4n) is 1.29. The molecule has 0 aliphatic carbocycles. The number of alkyl carbamates (subject to hydrolysis) is 1. The lowest BCUT2D eigenvalue weighted by molar-refractivity contribution is 0.0454. The third-order valence-corrected chi connectivity index (χ3v) is 2.66. The molecule has 0 aromatic carbocycles. The quantitative estimate of drug-likeness (QED) is 0.857. The Hall–Kier alpha value is -1.43. The van der Waals surface area contributed by atoms with E-state index in [4.69, 9.17) is 4.74 Å². The molecule has 0 unspecified atom stereocenters. The van der Waals surface area contributed by atoms with Gasteiger partial charge in [-0.3, -0.25) is 4.79 Å². The third-order valence-electron chi connectivity index (χ3n) is 2.08. The van der Waals surface area contributed by atoms with Gasteiger partial charge in [-0.2, -0.15) is 0 Å². The van der Waals surface area contributed by atoms with Crippen molar-refractivity contribution in [2.24, 2.45) is 0 Å². The summed E-state index contributed by atoms with van der Waals surface area (Å²) >= 11 is 1.20. The molecule has 100 valence electrons. The Morgan fingerprint density at radius 1 is 1.28 bits per heavy atom. The lowest BCUT2D eigenvalue weighted by atomic mass is 9.95. The van der Waals surface area contributed by atoms with Crippen LogP contribution in [0, 0.1) is 0 Å². The summed E-state index contributed by atoms with van der Waals surface area (Å²) < 4.78 is 9.00. The molecule has 5 nitrogen and oxygen atoms in total. The maximum atomic E-state index is 12.1. The zero-order valence-electron chi connectivity index (χ0n) is 11.2. The first kappa shape index (κ1) is 14.6. The number of rotatable bonds is 3. The monoisotopic (exact) mass is 270 g/mol. The summed E-state index contributed by atoms with van der Waals surface area (Å²) in [6.07, 6.45) is 0.884. The van der Waals surface area contributed by atoms with E-state index in [1.54, 1.807) is 40.0 Å². The number of aromatic nitrogens is 1. The molecule has 0 aliphatic heterocycles. The molecule has 1 aromatic heterocycles. The van der Waals surface area contributed by atoms with Crippen LogP contribution in [0.2, 0.25) is 0 Å². The summed E-state index contributed by atoms with van der Waals surface area (Å²) in [7, 11) is 0. The van der Waals surface area contributed by atoms with Crippen LogP contribution < -0.4 is 5.32 Å². The van der Waals surface area contributed by atoms with Gasteiger partial charge in [0.15, 0.2) is 5.78 Å². The maximum absolute atomic E-state index is 12.1. The lowest BCUT2D eigenvalue weighted by Crippen LogP contribution is -2.51. The largest absolute Gasteiger partial charge is 0.444 e. The van der Waals surface area contributed by atoms with Crippen molar-refractivity contribution in [3.05, 3.63) is 17.1 Å². The van der Waals surface area contributed by atoms with Gasteiger partial charge in [-0.1, -0.05) is 0 Å². The molecular formula is C12H18N2O3S. The van der Waals surface area contributed by atoms with E-state index in [0.717, 1.165) is 0 Å². The molecule has 0 bridgehead atoms. The average Bonchev–Trinajstić information content (AvgIpc) is 2.64. The van der Waals surface area contributed by atoms with Gasteiger partial charge < -0.3 is 10.1 Å². The van der Waals surface area contributed by atoms with Crippen LogP contribution in [0.25, 0.3) is 0 Å². The van der Waals surface area contributed by atoms with Crippen molar-refractivity contribution in [2.75, 3.05) is 0 Å². The van der Waals surface area contributed by atoms with Crippen LogP contribution in [-0.2, 0) is 4.74 Å². The number of ether oxygens (including phenoxy) is 1. The van der Waals surface area contributed by atoms with Crippen LogP contribution >= 0.6 is 11.5 Å². The SMILES string of the molecule is CC(C)(C)OC(=O)NC(C)(C)C(=O)c1cnsc1. The van der Waals surface area contributed by atoms with Gasteiger partial charge in [0.2, 0.25) is 0 Å². The molecule has 6 heteroatoms. The van der Waals surface area contributed by atoms with Gasteiger partial charge >= 0.3 is 6.09 Å². The van der Waals surface area contributed by atoms with Gasteiger partial charge in [0, 0.05) is 5.38 Å². The van der Waals surface area contributed by atoms with E-state index in [9.17, 15) is 9.59 Å². The van der Waals surface area contributed by atoms with Crippen molar-refractivity contribution in [1.29, 1.82) is 0 Å². The number of hydrogen-bond acceptors (Lipinski definition) is 5. The Balaban J connectivity index is 2.70. The molecule has 0 fully saturated rings. The highest BCUT2D eigenvalue weighted by atomic mass is 32.1. The summed E-state index contributed by atoms with van der Waals surface area (Å²) in [5, 5.41) is 4.22. The first-order chi connectivity index (χ1) is 8.12. The average molecular weight is 270 g/mol. The highest BCUT2D eigenvalue weighted by molar-refractivity contribution is 7.03. The second kappa shape index (κ2) is 5.06. The van der Waals surface area contributed by atoms with E-state index < -0.39 is 17.2 Å². The minimum Gasteiger partial charge on any atom is -0.444 e. The number of carbonyl (C=O) groups excluding carboxylic acids is 2. The topological polar surface area (TPSA) is 68.3 Å². The van der Waals surface area contributed by atoms with Crippen molar-refractivity contribution in [1.82, 2.24) is 9.69 Å². The summed E-state index contributed by atoms with van der Waals surface area (Å²) in [6, 6.07) is 0. The van der Waals surface area contributed by atoms with Crippen LogP contribution in [0.1, 0.15) is 45.0 Å². The predicted octanol–water partition coefficient (Wildman–Crippen LogP) is 2.63.